The molecule has 0 radical (unpaired) electrons. The van der Waals surface area contributed by atoms with Gasteiger partial charge in [-0.25, -0.2) is 9.78 Å². The molecule has 1 unspecified atom stereocenters. The predicted molar refractivity (Wildman–Crippen MR) is 128 cm³/mol. The van der Waals surface area contributed by atoms with Crippen molar-refractivity contribution >= 4 is 35.3 Å². The molecule has 3 heterocycles. The zero-order chi connectivity index (χ0) is 23.1. The summed E-state index contributed by atoms with van der Waals surface area (Å²) in [5, 5.41) is 7.68. The zero-order valence-corrected chi connectivity index (χ0v) is 20.6. The summed E-state index contributed by atoms with van der Waals surface area (Å²) < 4.78 is 12.6. The van der Waals surface area contributed by atoms with Crippen LogP contribution >= 0.6 is 11.8 Å². The number of thioether (sulfide) groups is 1. The first-order valence-electron chi connectivity index (χ1n) is 11.1. The summed E-state index contributed by atoms with van der Waals surface area (Å²) in [6, 6.07) is 6.39. The summed E-state index contributed by atoms with van der Waals surface area (Å²) in [7, 11) is 0. The third-order valence-electron chi connectivity index (χ3n) is 5.75. The van der Waals surface area contributed by atoms with E-state index >= 15 is 0 Å². The van der Waals surface area contributed by atoms with E-state index in [1.54, 1.807) is 0 Å². The standard InChI is InChI=1S/C23H33N5O3S/c1-15-11-20(28(26-15)21(29)31-22(3,4)5)25-18-12-17(23(32-6)7-8-23)13-19(24-18)27-9-10-30-14-16(27)2/h11-13,16H,7-10,14H2,1-6H3,(H,24,25). The SMILES string of the molecule is CSC1(c2cc(Nc3cc(C)nn3C(=O)OC(C)(C)C)nc(N3CCOCC3C)c2)CC1. The van der Waals surface area contributed by atoms with E-state index in [1.807, 2.05) is 45.5 Å². The molecule has 2 fully saturated rings. The van der Waals surface area contributed by atoms with Crippen molar-refractivity contribution in [3.8, 4) is 0 Å². The molecule has 0 bridgehead atoms. The van der Waals surface area contributed by atoms with Crippen LogP contribution in [0.4, 0.5) is 22.2 Å². The monoisotopic (exact) mass is 459 g/mol. The molecule has 174 valence electrons. The number of aromatic nitrogens is 3. The van der Waals surface area contributed by atoms with Crippen molar-refractivity contribution in [3.05, 3.63) is 29.5 Å². The van der Waals surface area contributed by atoms with Crippen molar-refractivity contribution in [2.45, 2.75) is 63.9 Å². The Balaban J connectivity index is 1.69. The molecule has 0 amide bonds. The molecule has 1 saturated carbocycles. The molecule has 2 aromatic rings. The van der Waals surface area contributed by atoms with E-state index in [2.05, 4.69) is 40.6 Å². The minimum atomic E-state index is -0.608. The smallest absolute Gasteiger partial charge is 0.437 e. The van der Waals surface area contributed by atoms with Crippen LogP contribution in [0.25, 0.3) is 0 Å². The highest BCUT2D eigenvalue weighted by molar-refractivity contribution is 7.99. The Kier molecular flexibility index (Phi) is 6.15. The molecule has 32 heavy (non-hydrogen) atoms. The van der Waals surface area contributed by atoms with E-state index in [1.165, 1.54) is 10.2 Å². The Bertz CT molecular complexity index is 996. The molecule has 9 heteroatoms. The number of carbonyl (C=O) groups excluding carboxylic acids is 1. The van der Waals surface area contributed by atoms with Crippen LogP contribution in [0.5, 0.6) is 0 Å². The van der Waals surface area contributed by atoms with Crippen molar-refractivity contribution < 1.29 is 14.3 Å². The van der Waals surface area contributed by atoms with Crippen LogP contribution < -0.4 is 10.2 Å². The molecule has 1 atom stereocenters. The third-order valence-corrected chi connectivity index (χ3v) is 7.17. The van der Waals surface area contributed by atoms with Crippen LogP contribution in [0, 0.1) is 6.92 Å². The van der Waals surface area contributed by atoms with Gasteiger partial charge in [-0.05, 0) is 71.4 Å². The summed E-state index contributed by atoms with van der Waals surface area (Å²) in [6.07, 6.45) is 3.96. The van der Waals surface area contributed by atoms with Gasteiger partial charge in [-0.1, -0.05) is 0 Å². The van der Waals surface area contributed by atoms with Crippen LogP contribution in [0.15, 0.2) is 18.2 Å². The molecule has 2 aliphatic rings. The van der Waals surface area contributed by atoms with Crippen LogP contribution in [0.1, 0.15) is 51.8 Å². The molecule has 1 saturated heterocycles. The second kappa shape index (κ2) is 8.59. The van der Waals surface area contributed by atoms with Gasteiger partial charge in [0, 0.05) is 17.4 Å². The Morgan fingerprint density at radius 3 is 2.69 bits per heavy atom. The number of nitrogens with one attached hydrogen (secondary N) is 1. The van der Waals surface area contributed by atoms with Crippen molar-refractivity contribution in [2.24, 2.45) is 0 Å². The summed E-state index contributed by atoms with van der Waals surface area (Å²) in [6.45, 7) is 11.7. The number of ether oxygens (including phenoxy) is 2. The molecule has 2 aromatic heterocycles. The van der Waals surface area contributed by atoms with Gasteiger partial charge >= 0.3 is 6.09 Å². The van der Waals surface area contributed by atoms with Gasteiger partial charge in [-0.2, -0.15) is 16.9 Å². The van der Waals surface area contributed by atoms with E-state index in [-0.39, 0.29) is 10.8 Å². The highest BCUT2D eigenvalue weighted by atomic mass is 32.2. The maximum absolute atomic E-state index is 12.7. The number of aryl methyl sites for hydroxylation is 1. The number of anilines is 3. The number of carbonyl (C=O) groups is 1. The van der Waals surface area contributed by atoms with Gasteiger partial charge in [0.25, 0.3) is 0 Å². The number of hydrogen-bond acceptors (Lipinski definition) is 8. The number of nitrogens with zero attached hydrogens (tertiary/aromatic N) is 4. The van der Waals surface area contributed by atoms with E-state index in [4.69, 9.17) is 14.5 Å². The first-order chi connectivity index (χ1) is 15.1. The van der Waals surface area contributed by atoms with Crippen LogP contribution in [0.3, 0.4) is 0 Å². The van der Waals surface area contributed by atoms with Gasteiger partial charge in [0.15, 0.2) is 0 Å². The molecule has 0 spiro atoms. The third kappa shape index (κ3) is 4.88. The van der Waals surface area contributed by atoms with Gasteiger partial charge in [-0.3, -0.25) is 0 Å². The lowest BCUT2D eigenvalue weighted by atomic mass is 10.1. The maximum Gasteiger partial charge on any atom is 0.437 e. The lowest BCUT2D eigenvalue weighted by Crippen LogP contribution is -2.44. The predicted octanol–water partition coefficient (Wildman–Crippen LogP) is 4.69. The van der Waals surface area contributed by atoms with E-state index < -0.39 is 11.7 Å². The zero-order valence-electron chi connectivity index (χ0n) is 19.8. The second-order valence-electron chi connectivity index (χ2n) is 9.60. The first-order valence-corrected chi connectivity index (χ1v) is 12.3. The Labute approximate surface area is 194 Å². The Hall–Kier alpha value is -2.26. The van der Waals surface area contributed by atoms with Crippen LogP contribution in [-0.4, -0.2) is 58.5 Å². The fraction of sp³-hybridized carbons (Fsp3) is 0.609. The van der Waals surface area contributed by atoms with E-state index in [0.29, 0.717) is 24.8 Å². The number of morpholine rings is 1. The number of rotatable bonds is 5. The average Bonchev–Trinajstić information content (AvgIpc) is 3.44. The highest BCUT2D eigenvalue weighted by Gasteiger charge is 2.44. The second-order valence-corrected chi connectivity index (χ2v) is 10.8. The average molecular weight is 460 g/mol. The molecule has 1 aliphatic carbocycles. The lowest BCUT2D eigenvalue weighted by molar-refractivity contribution is 0.0518. The molecule has 0 aromatic carbocycles. The minimum Gasteiger partial charge on any atom is -0.442 e. The quantitative estimate of drug-likeness (QED) is 0.690. The van der Waals surface area contributed by atoms with Gasteiger partial charge in [0.2, 0.25) is 0 Å². The van der Waals surface area contributed by atoms with Gasteiger partial charge in [0.1, 0.15) is 23.1 Å². The molecular formula is C23H33N5O3S. The maximum atomic E-state index is 12.7. The summed E-state index contributed by atoms with van der Waals surface area (Å²) in [5.74, 6) is 2.17. The van der Waals surface area contributed by atoms with Gasteiger partial charge in [-0.15, -0.1) is 4.68 Å². The van der Waals surface area contributed by atoms with Gasteiger partial charge < -0.3 is 19.7 Å². The number of hydrogen-bond donors (Lipinski definition) is 1. The fourth-order valence-corrected chi connectivity index (χ4v) is 4.81. The highest BCUT2D eigenvalue weighted by Crippen LogP contribution is 2.56. The number of pyridine rings is 1. The largest absolute Gasteiger partial charge is 0.442 e. The van der Waals surface area contributed by atoms with Crippen LogP contribution in [0.2, 0.25) is 0 Å². The Morgan fingerprint density at radius 1 is 1.31 bits per heavy atom. The van der Waals surface area contributed by atoms with Crippen molar-refractivity contribution in [1.82, 2.24) is 14.8 Å². The lowest BCUT2D eigenvalue weighted by Gasteiger charge is -2.35. The molecule has 1 N–H and O–H groups in total. The molecule has 8 nitrogen and oxygen atoms in total. The van der Waals surface area contributed by atoms with Crippen molar-refractivity contribution in [2.75, 3.05) is 36.2 Å². The minimum absolute atomic E-state index is 0.144. The first kappa shape index (κ1) is 22.9. The fourth-order valence-electron chi connectivity index (χ4n) is 3.95. The summed E-state index contributed by atoms with van der Waals surface area (Å²) >= 11 is 1.89. The van der Waals surface area contributed by atoms with Crippen LogP contribution in [-0.2, 0) is 14.2 Å². The molecule has 1 aliphatic heterocycles. The topological polar surface area (TPSA) is 81.5 Å². The van der Waals surface area contributed by atoms with Crippen molar-refractivity contribution in [1.29, 1.82) is 0 Å². The Morgan fingerprint density at radius 2 is 2.06 bits per heavy atom. The van der Waals surface area contributed by atoms with Crippen molar-refractivity contribution in [3.63, 3.8) is 0 Å². The molecule has 4 rings (SSSR count). The summed E-state index contributed by atoms with van der Waals surface area (Å²) in [4.78, 5) is 19.9. The normalized spacial score (nSPS) is 20.2. The molecular weight excluding hydrogens is 426 g/mol. The van der Waals surface area contributed by atoms with E-state index in [9.17, 15) is 4.79 Å². The summed E-state index contributed by atoms with van der Waals surface area (Å²) in [5.41, 5.74) is 1.37. The van der Waals surface area contributed by atoms with Gasteiger partial charge in [0.05, 0.1) is 24.9 Å². The van der Waals surface area contributed by atoms with E-state index in [0.717, 1.165) is 30.9 Å².